The number of nitrogens with one attached hydrogen (secondary N) is 2. The van der Waals surface area contributed by atoms with E-state index in [1.54, 1.807) is 29.2 Å². The maximum absolute atomic E-state index is 14.1. The second kappa shape index (κ2) is 10.7. The van der Waals surface area contributed by atoms with Gasteiger partial charge in [0.1, 0.15) is 17.5 Å². The number of halogens is 1. The van der Waals surface area contributed by atoms with Gasteiger partial charge in [0.05, 0.1) is 16.3 Å². The van der Waals surface area contributed by atoms with E-state index in [4.69, 9.17) is 16.6 Å². The average Bonchev–Trinajstić information content (AvgIpc) is 3.43. The summed E-state index contributed by atoms with van der Waals surface area (Å²) in [5.74, 6) is 0.785. The first-order valence-corrected chi connectivity index (χ1v) is 14.4. The molecule has 7 rings (SSSR count). The number of aryl methyl sites for hydroxylation is 1. The van der Waals surface area contributed by atoms with E-state index in [0.29, 0.717) is 39.8 Å². The summed E-state index contributed by atoms with van der Waals surface area (Å²) in [5, 5.41) is 7.86. The predicted octanol–water partition coefficient (Wildman–Crippen LogP) is 3.91. The van der Waals surface area contributed by atoms with Gasteiger partial charge >= 0.3 is 0 Å². The third-order valence-electron chi connectivity index (χ3n) is 8.08. The summed E-state index contributed by atoms with van der Waals surface area (Å²) in [6.07, 6.45) is 5.77. The molecule has 0 radical (unpaired) electrons. The molecule has 0 spiro atoms. The van der Waals surface area contributed by atoms with Gasteiger partial charge < -0.3 is 20.1 Å². The Hall–Kier alpha value is -4.54. The van der Waals surface area contributed by atoms with Crippen molar-refractivity contribution in [1.82, 2.24) is 29.4 Å². The molecule has 1 unspecified atom stereocenters. The number of hydrogen-bond donors (Lipinski definition) is 2. The van der Waals surface area contributed by atoms with E-state index >= 15 is 0 Å². The highest BCUT2D eigenvalue weighted by molar-refractivity contribution is 6.33. The molecule has 0 bridgehead atoms. The molecule has 1 aliphatic heterocycles. The molecule has 1 atom stereocenters. The molecular weight excluding hydrogens is 552 g/mol. The van der Waals surface area contributed by atoms with E-state index in [0.717, 1.165) is 48.7 Å². The fraction of sp³-hybridized carbons (Fsp3) is 0.258. The second-order valence-electron chi connectivity index (χ2n) is 10.7. The number of carbonyl (C=O) groups excluding carboxylic acids is 1. The van der Waals surface area contributed by atoms with Crippen molar-refractivity contribution in [3.05, 3.63) is 93.6 Å². The Morgan fingerprint density at radius 1 is 1.02 bits per heavy atom. The number of rotatable bonds is 5. The maximum Gasteiger partial charge on any atom is 0.263 e. The van der Waals surface area contributed by atoms with Crippen molar-refractivity contribution in [1.29, 1.82) is 0 Å². The van der Waals surface area contributed by atoms with Crippen LogP contribution in [0, 0.1) is 0 Å². The van der Waals surface area contributed by atoms with E-state index in [1.807, 2.05) is 49.5 Å². The number of piperazine rings is 1. The zero-order valence-electron chi connectivity index (χ0n) is 23.0. The molecule has 1 aliphatic carbocycles. The molecule has 4 heterocycles. The smallest absolute Gasteiger partial charge is 0.263 e. The van der Waals surface area contributed by atoms with Crippen LogP contribution in [0.4, 0.5) is 17.3 Å². The lowest BCUT2D eigenvalue weighted by Crippen LogP contribution is -2.43. The highest BCUT2D eigenvalue weighted by Crippen LogP contribution is 2.32. The molecule has 0 saturated carbocycles. The molecule has 11 heteroatoms. The Kier molecular flexibility index (Phi) is 6.72. The van der Waals surface area contributed by atoms with Crippen LogP contribution in [0.1, 0.15) is 17.2 Å². The lowest BCUT2D eigenvalue weighted by Gasteiger charge is -2.30. The summed E-state index contributed by atoms with van der Waals surface area (Å²) in [4.78, 5) is 43.7. The number of imidazole rings is 1. The summed E-state index contributed by atoms with van der Waals surface area (Å²) < 4.78 is 3.32. The fourth-order valence-electron chi connectivity index (χ4n) is 5.92. The second-order valence-corrected chi connectivity index (χ2v) is 11.1. The number of aromatic nitrogens is 5. The predicted molar refractivity (Wildman–Crippen MR) is 164 cm³/mol. The van der Waals surface area contributed by atoms with Crippen LogP contribution in [-0.4, -0.2) is 56.0 Å². The first-order valence-electron chi connectivity index (χ1n) is 14.0. The highest BCUT2D eigenvalue weighted by atomic mass is 35.5. The fourth-order valence-corrected chi connectivity index (χ4v) is 6.22. The van der Waals surface area contributed by atoms with Crippen molar-refractivity contribution in [3.63, 3.8) is 0 Å². The van der Waals surface area contributed by atoms with Crippen molar-refractivity contribution in [2.24, 2.45) is 7.05 Å². The van der Waals surface area contributed by atoms with Crippen LogP contribution >= 0.6 is 11.6 Å². The molecule has 10 nitrogen and oxygen atoms in total. The molecule has 2 N–H and O–H groups in total. The number of hydrogen-bond acceptors (Lipinski definition) is 8. The van der Waals surface area contributed by atoms with Gasteiger partial charge in [-0.25, -0.2) is 9.97 Å². The van der Waals surface area contributed by atoms with E-state index < -0.39 is 6.04 Å². The Morgan fingerprint density at radius 3 is 2.60 bits per heavy atom. The number of nitrogens with zero attached hydrogens (tertiary/aromatic N) is 6. The Bertz CT molecular complexity index is 1890. The maximum atomic E-state index is 14.1. The third-order valence-corrected chi connectivity index (χ3v) is 8.38. The first kappa shape index (κ1) is 26.4. The molecule has 2 aromatic carbocycles. The lowest BCUT2D eigenvalue weighted by molar-refractivity contribution is -0.122. The summed E-state index contributed by atoms with van der Waals surface area (Å²) in [6.45, 7) is 3.62. The molecule has 42 heavy (non-hydrogen) atoms. The van der Waals surface area contributed by atoms with Crippen LogP contribution < -0.4 is 21.1 Å². The SMILES string of the molecule is Cn1ccnc1-c1cc2cnc(Nc3ccc(N4CCNCC4)c(Cl)c3)nc2n(C2Cc3ccccc3CC2=O)c1=O. The van der Waals surface area contributed by atoms with E-state index in [-0.39, 0.29) is 17.8 Å². The minimum Gasteiger partial charge on any atom is -0.368 e. The number of benzene rings is 2. The number of pyridine rings is 1. The summed E-state index contributed by atoms with van der Waals surface area (Å²) in [6, 6.07) is 14.7. The van der Waals surface area contributed by atoms with Crippen LogP contribution in [0.15, 0.2) is 71.9 Å². The Morgan fingerprint density at radius 2 is 1.83 bits per heavy atom. The van der Waals surface area contributed by atoms with Crippen molar-refractivity contribution >= 4 is 45.7 Å². The number of carbonyl (C=O) groups is 1. The minimum absolute atomic E-state index is 0.0301. The minimum atomic E-state index is -0.703. The van der Waals surface area contributed by atoms with Gasteiger partial charge in [-0.2, -0.15) is 4.98 Å². The van der Waals surface area contributed by atoms with Gasteiger partial charge in [-0.3, -0.25) is 14.2 Å². The van der Waals surface area contributed by atoms with Crippen molar-refractivity contribution in [2.75, 3.05) is 36.4 Å². The van der Waals surface area contributed by atoms with Crippen LogP contribution in [0.3, 0.4) is 0 Å². The average molecular weight is 581 g/mol. The molecular formula is C31H29ClN8O2. The molecule has 2 aliphatic rings. The number of anilines is 3. The standard InChI is InChI=1S/C31H29ClN8O2/c1-38-11-10-34-29(38)23-14-21-18-35-31(36-22-6-7-25(24(32)17-22)39-12-8-33-9-13-39)37-28(21)40(30(23)42)26-15-19-4-2-3-5-20(19)16-27(26)41/h2-7,10-11,14,17-18,26,33H,8-9,12-13,15-16H2,1H3,(H,35,36,37). The van der Waals surface area contributed by atoms with Crippen LogP contribution in [0.5, 0.6) is 0 Å². The topological polar surface area (TPSA) is 110 Å². The van der Waals surface area contributed by atoms with Crippen LogP contribution in [0.2, 0.25) is 5.02 Å². The zero-order chi connectivity index (χ0) is 28.8. The quantitative estimate of drug-likeness (QED) is 0.322. The van der Waals surface area contributed by atoms with Gasteiger partial charge in [-0.1, -0.05) is 35.9 Å². The van der Waals surface area contributed by atoms with Crippen molar-refractivity contribution in [2.45, 2.75) is 18.9 Å². The van der Waals surface area contributed by atoms with Crippen LogP contribution in [0.25, 0.3) is 22.4 Å². The number of fused-ring (bicyclic) bond motifs is 2. The largest absolute Gasteiger partial charge is 0.368 e. The Balaban J connectivity index is 1.31. The molecule has 1 fully saturated rings. The molecule has 3 aromatic heterocycles. The van der Waals surface area contributed by atoms with Crippen LogP contribution in [-0.2, 0) is 24.7 Å². The highest BCUT2D eigenvalue weighted by Gasteiger charge is 2.31. The van der Waals surface area contributed by atoms with E-state index in [9.17, 15) is 9.59 Å². The van der Waals surface area contributed by atoms with Gasteiger partial charge in [0, 0.05) is 75.7 Å². The van der Waals surface area contributed by atoms with E-state index in [1.165, 1.54) is 4.57 Å². The first-order chi connectivity index (χ1) is 20.5. The summed E-state index contributed by atoms with van der Waals surface area (Å²) in [7, 11) is 1.83. The monoisotopic (exact) mass is 580 g/mol. The molecule has 0 amide bonds. The summed E-state index contributed by atoms with van der Waals surface area (Å²) >= 11 is 6.67. The molecule has 212 valence electrons. The van der Waals surface area contributed by atoms with Gasteiger partial charge in [0.15, 0.2) is 5.78 Å². The lowest BCUT2D eigenvalue weighted by atomic mass is 9.87. The van der Waals surface area contributed by atoms with E-state index in [2.05, 4.69) is 25.5 Å². The number of Topliss-reactive ketones (excluding diaryl/α,β-unsaturated/α-hetero) is 1. The zero-order valence-corrected chi connectivity index (χ0v) is 23.8. The van der Waals surface area contributed by atoms with Gasteiger partial charge in [-0.15, -0.1) is 0 Å². The van der Waals surface area contributed by atoms with Gasteiger partial charge in [0.2, 0.25) is 5.95 Å². The third kappa shape index (κ3) is 4.72. The summed E-state index contributed by atoms with van der Waals surface area (Å²) in [5.41, 5.74) is 4.21. The molecule has 5 aromatic rings. The normalized spacial score (nSPS) is 17.0. The number of ketones is 1. The van der Waals surface area contributed by atoms with Gasteiger partial charge in [-0.05, 0) is 35.4 Å². The van der Waals surface area contributed by atoms with Crippen molar-refractivity contribution < 1.29 is 4.79 Å². The van der Waals surface area contributed by atoms with Gasteiger partial charge in [0.25, 0.3) is 5.56 Å². The Labute approximate surface area is 247 Å². The molecule has 1 saturated heterocycles. The van der Waals surface area contributed by atoms with Crippen molar-refractivity contribution in [3.8, 4) is 11.4 Å².